The van der Waals surface area contributed by atoms with Crippen LogP contribution >= 0.6 is 0 Å². The first kappa shape index (κ1) is 23.1. The van der Waals surface area contributed by atoms with Gasteiger partial charge in [-0.05, 0) is 30.7 Å². The predicted molar refractivity (Wildman–Crippen MR) is 122 cm³/mol. The zero-order chi connectivity index (χ0) is 23.0. The van der Waals surface area contributed by atoms with Gasteiger partial charge in [-0.2, -0.15) is 0 Å². The average molecular weight is 451 g/mol. The molecule has 0 spiro atoms. The second kappa shape index (κ2) is 11.2. The van der Waals surface area contributed by atoms with E-state index in [4.69, 9.17) is 4.74 Å². The molecule has 0 saturated carbocycles. The Hall–Kier alpha value is -3.10. The summed E-state index contributed by atoms with van der Waals surface area (Å²) < 4.78 is 5.91. The van der Waals surface area contributed by atoms with E-state index in [0.29, 0.717) is 5.92 Å². The monoisotopic (exact) mass is 450 g/mol. The Bertz CT molecular complexity index is 945. The Kier molecular flexibility index (Phi) is 7.80. The Balaban J connectivity index is 1.26. The molecule has 1 aromatic carbocycles. The third kappa shape index (κ3) is 6.24. The van der Waals surface area contributed by atoms with Gasteiger partial charge in [0.1, 0.15) is 11.8 Å². The summed E-state index contributed by atoms with van der Waals surface area (Å²) in [7, 11) is 0. The molecule has 33 heavy (non-hydrogen) atoms. The topological polar surface area (TPSA) is 105 Å². The molecular formula is C25H30N4O4. The van der Waals surface area contributed by atoms with Crippen LogP contribution in [-0.2, 0) is 16.0 Å². The number of nitrogens with zero attached hydrogens (tertiary/aromatic N) is 3. The molecule has 0 unspecified atom stereocenters. The highest BCUT2D eigenvalue weighted by molar-refractivity contribution is 5.92. The van der Waals surface area contributed by atoms with Gasteiger partial charge in [0.2, 0.25) is 5.91 Å². The van der Waals surface area contributed by atoms with Gasteiger partial charge in [0, 0.05) is 25.5 Å². The maximum atomic E-state index is 12.8. The third-order valence-electron chi connectivity index (χ3n) is 6.27. The second-order valence-electron chi connectivity index (χ2n) is 8.59. The maximum Gasteiger partial charge on any atom is 0.272 e. The number of hydrogen-bond acceptors (Lipinski definition) is 6. The molecule has 0 aliphatic carbocycles. The molecule has 2 aliphatic rings. The van der Waals surface area contributed by atoms with Crippen LogP contribution in [0.25, 0.3) is 0 Å². The Morgan fingerprint density at radius 1 is 1.12 bits per heavy atom. The van der Waals surface area contributed by atoms with Crippen molar-refractivity contribution in [3.05, 3.63) is 72.3 Å². The molecule has 3 heterocycles. The van der Waals surface area contributed by atoms with Crippen molar-refractivity contribution in [3.63, 3.8) is 0 Å². The summed E-state index contributed by atoms with van der Waals surface area (Å²) in [6, 6.07) is 9.97. The minimum Gasteiger partial charge on any atom is -0.394 e. The van der Waals surface area contributed by atoms with Crippen molar-refractivity contribution < 1.29 is 19.4 Å². The van der Waals surface area contributed by atoms with Crippen LogP contribution in [0.3, 0.4) is 0 Å². The van der Waals surface area contributed by atoms with Crippen LogP contribution in [0.2, 0.25) is 0 Å². The van der Waals surface area contributed by atoms with Crippen LogP contribution in [-0.4, -0.2) is 69.7 Å². The molecule has 1 saturated heterocycles. The Morgan fingerprint density at radius 2 is 1.91 bits per heavy atom. The number of benzene rings is 1. The number of ether oxygens (including phenoxy) is 1. The quantitative estimate of drug-likeness (QED) is 0.623. The van der Waals surface area contributed by atoms with Crippen molar-refractivity contribution >= 4 is 11.8 Å². The molecule has 2 aliphatic heterocycles. The molecule has 0 radical (unpaired) electrons. The van der Waals surface area contributed by atoms with Crippen molar-refractivity contribution in [1.29, 1.82) is 0 Å². The van der Waals surface area contributed by atoms with E-state index < -0.39 is 24.2 Å². The first-order valence-electron chi connectivity index (χ1n) is 11.5. The predicted octanol–water partition coefficient (Wildman–Crippen LogP) is 1.76. The first-order valence-corrected chi connectivity index (χ1v) is 11.5. The minimum absolute atomic E-state index is 0.0570. The SMILES string of the molecule is O=C(N[C@H]1C=C[C@H](CC(=O)N2CCC(Cc3ccccc3)CC2)O[C@@H]1CO)c1cnccn1. The van der Waals surface area contributed by atoms with Crippen LogP contribution in [0.1, 0.15) is 35.3 Å². The lowest BCUT2D eigenvalue weighted by molar-refractivity contribution is -0.136. The highest BCUT2D eigenvalue weighted by atomic mass is 16.5. The van der Waals surface area contributed by atoms with Gasteiger partial charge >= 0.3 is 0 Å². The number of carbonyl (C=O) groups is 2. The van der Waals surface area contributed by atoms with Gasteiger partial charge in [-0.25, -0.2) is 4.98 Å². The van der Waals surface area contributed by atoms with Crippen LogP contribution in [0.5, 0.6) is 0 Å². The number of likely N-dealkylation sites (tertiary alicyclic amines) is 1. The fourth-order valence-corrected chi connectivity index (χ4v) is 4.41. The lowest BCUT2D eigenvalue weighted by Gasteiger charge is -2.35. The van der Waals surface area contributed by atoms with Gasteiger partial charge in [-0.1, -0.05) is 42.5 Å². The van der Waals surface area contributed by atoms with Crippen molar-refractivity contribution in [2.75, 3.05) is 19.7 Å². The number of aliphatic hydroxyl groups excluding tert-OH is 1. The lowest BCUT2D eigenvalue weighted by atomic mass is 9.90. The normalized spacial score (nSPS) is 23.3. The molecule has 4 rings (SSSR count). The number of amides is 2. The highest BCUT2D eigenvalue weighted by Crippen LogP contribution is 2.23. The lowest BCUT2D eigenvalue weighted by Crippen LogP contribution is -2.49. The van der Waals surface area contributed by atoms with Gasteiger partial charge in [0.25, 0.3) is 5.91 Å². The molecule has 8 nitrogen and oxygen atoms in total. The summed E-state index contributed by atoms with van der Waals surface area (Å²) in [5.74, 6) is 0.258. The van der Waals surface area contributed by atoms with E-state index in [2.05, 4.69) is 39.6 Å². The number of aromatic nitrogens is 2. The van der Waals surface area contributed by atoms with Crippen LogP contribution < -0.4 is 5.32 Å². The van der Waals surface area contributed by atoms with Gasteiger partial charge in [0.15, 0.2) is 0 Å². The summed E-state index contributed by atoms with van der Waals surface area (Å²) >= 11 is 0. The van der Waals surface area contributed by atoms with Crippen LogP contribution in [0.15, 0.2) is 61.1 Å². The summed E-state index contributed by atoms with van der Waals surface area (Å²) in [6.45, 7) is 1.24. The van der Waals surface area contributed by atoms with Crippen molar-refractivity contribution in [1.82, 2.24) is 20.2 Å². The van der Waals surface area contributed by atoms with E-state index in [9.17, 15) is 14.7 Å². The number of aliphatic hydroxyl groups is 1. The van der Waals surface area contributed by atoms with E-state index in [1.165, 1.54) is 24.2 Å². The summed E-state index contributed by atoms with van der Waals surface area (Å²) in [6.07, 6.45) is 10.1. The molecule has 1 fully saturated rings. The Labute approximate surface area is 193 Å². The third-order valence-corrected chi connectivity index (χ3v) is 6.27. The minimum atomic E-state index is -0.634. The molecule has 2 aromatic rings. The fourth-order valence-electron chi connectivity index (χ4n) is 4.41. The largest absolute Gasteiger partial charge is 0.394 e. The molecule has 174 valence electrons. The molecular weight excluding hydrogens is 420 g/mol. The zero-order valence-corrected chi connectivity index (χ0v) is 18.5. The van der Waals surface area contributed by atoms with E-state index in [0.717, 1.165) is 32.4 Å². The van der Waals surface area contributed by atoms with Gasteiger partial charge in [0.05, 0.1) is 31.4 Å². The smallest absolute Gasteiger partial charge is 0.272 e. The summed E-state index contributed by atoms with van der Waals surface area (Å²) in [5.41, 5.74) is 1.54. The second-order valence-corrected chi connectivity index (χ2v) is 8.59. The number of piperidine rings is 1. The number of hydrogen-bond donors (Lipinski definition) is 2. The summed E-state index contributed by atoms with van der Waals surface area (Å²) in [5, 5.41) is 12.6. The molecule has 2 amide bonds. The summed E-state index contributed by atoms with van der Waals surface area (Å²) in [4.78, 5) is 34.9. The van der Waals surface area contributed by atoms with Gasteiger partial charge in [-0.15, -0.1) is 0 Å². The van der Waals surface area contributed by atoms with Crippen LogP contribution in [0, 0.1) is 5.92 Å². The molecule has 1 aromatic heterocycles. The highest BCUT2D eigenvalue weighted by Gasteiger charge is 2.31. The maximum absolute atomic E-state index is 12.8. The number of nitrogens with one attached hydrogen (secondary N) is 1. The number of carbonyl (C=O) groups excluding carboxylic acids is 2. The fraction of sp³-hybridized carbons (Fsp3) is 0.440. The standard InChI is InChI=1S/C25H30N4O4/c30-17-23-21(28-25(32)22-16-26-10-11-27-22)7-6-20(33-23)15-24(31)29-12-8-19(9-13-29)14-18-4-2-1-3-5-18/h1-7,10-11,16,19-21,23,30H,8-9,12-15,17H2,(H,28,32)/t20-,21+,23-/m1/s1. The molecule has 0 bridgehead atoms. The first-order chi connectivity index (χ1) is 16.1. The molecule has 2 N–H and O–H groups in total. The van der Waals surface area contributed by atoms with E-state index in [1.807, 2.05) is 11.0 Å². The van der Waals surface area contributed by atoms with Crippen molar-refractivity contribution in [2.45, 2.75) is 43.9 Å². The molecule has 8 heteroatoms. The van der Waals surface area contributed by atoms with E-state index >= 15 is 0 Å². The average Bonchev–Trinajstić information content (AvgIpc) is 2.86. The number of rotatable bonds is 7. The zero-order valence-electron chi connectivity index (χ0n) is 18.5. The van der Waals surface area contributed by atoms with E-state index in [-0.39, 0.29) is 24.6 Å². The van der Waals surface area contributed by atoms with Crippen molar-refractivity contribution in [3.8, 4) is 0 Å². The molecule has 3 atom stereocenters. The van der Waals surface area contributed by atoms with Crippen molar-refractivity contribution in [2.24, 2.45) is 5.92 Å². The van der Waals surface area contributed by atoms with Crippen LogP contribution in [0.4, 0.5) is 0 Å². The van der Waals surface area contributed by atoms with E-state index in [1.54, 1.807) is 12.2 Å². The van der Waals surface area contributed by atoms with Gasteiger partial charge < -0.3 is 20.1 Å². The van der Waals surface area contributed by atoms with Gasteiger partial charge in [-0.3, -0.25) is 14.6 Å². The Morgan fingerprint density at radius 3 is 2.61 bits per heavy atom.